The van der Waals surface area contributed by atoms with Crippen LogP contribution in [-0.2, 0) is 5.60 Å². The van der Waals surface area contributed by atoms with Crippen molar-refractivity contribution in [1.29, 1.82) is 0 Å². The molecule has 0 fully saturated rings. The first-order chi connectivity index (χ1) is 9.05. The summed E-state index contributed by atoms with van der Waals surface area (Å²) in [6.45, 7) is 0. The summed E-state index contributed by atoms with van der Waals surface area (Å²) >= 11 is 0. The van der Waals surface area contributed by atoms with Crippen LogP contribution in [0.2, 0.25) is 0 Å². The number of benzene rings is 2. The normalized spacial score (nSPS) is 29.2. The highest BCUT2D eigenvalue weighted by molar-refractivity contribution is 5.49. The molecule has 1 aliphatic carbocycles. The third-order valence-corrected chi connectivity index (χ3v) is 3.72. The summed E-state index contributed by atoms with van der Waals surface area (Å²) < 4.78 is 0. The second-order valence-electron chi connectivity index (χ2n) is 4.79. The van der Waals surface area contributed by atoms with Crippen LogP contribution >= 0.6 is 0 Å². The smallest absolute Gasteiger partial charge is 0.144 e. The Labute approximate surface area is 110 Å². The Morgan fingerprint density at radius 2 is 1.53 bits per heavy atom. The third kappa shape index (κ3) is 1.58. The summed E-state index contributed by atoms with van der Waals surface area (Å²) in [7, 11) is 0. The Hall–Kier alpha value is -1.88. The van der Waals surface area contributed by atoms with Crippen molar-refractivity contribution in [2.24, 2.45) is 0 Å². The van der Waals surface area contributed by atoms with E-state index in [9.17, 15) is 20.4 Å². The van der Waals surface area contributed by atoms with E-state index in [0.29, 0.717) is 16.7 Å². The van der Waals surface area contributed by atoms with Gasteiger partial charge in [-0.2, -0.15) is 0 Å². The number of aliphatic hydroxyl groups is 3. The molecule has 98 valence electrons. The highest BCUT2D eigenvalue weighted by Crippen LogP contribution is 2.47. The minimum Gasteiger partial charge on any atom is -0.508 e. The van der Waals surface area contributed by atoms with E-state index in [1.54, 1.807) is 24.3 Å². The number of aromatic hydroxyl groups is 1. The zero-order valence-corrected chi connectivity index (χ0v) is 10.1. The van der Waals surface area contributed by atoms with Gasteiger partial charge in [0.1, 0.15) is 23.6 Å². The van der Waals surface area contributed by atoms with Crippen molar-refractivity contribution in [3.05, 3.63) is 65.2 Å². The van der Waals surface area contributed by atoms with E-state index in [1.165, 1.54) is 24.3 Å². The summed E-state index contributed by atoms with van der Waals surface area (Å²) in [5.74, 6) is 0.0775. The van der Waals surface area contributed by atoms with Crippen molar-refractivity contribution in [1.82, 2.24) is 0 Å². The van der Waals surface area contributed by atoms with Crippen LogP contribution < -0.4 is 0 Å². The number of phenolic OH excluding ortho intramolecular Hbond substituents is 1. The zero-order chi connectivity index (χ0) is 13.6. The molecule has 1 aliphatic rings. The molecule has 19 heavy (non-hydrogen) atoms. The molecule has 0 heterocycles. The fourth-order valence-electron chi connectivity index (χ4n) is 2.70. The molecule has 3 atom stereocenters. The standard InChI is InChI=1S/C15H14O4/c16-10-7-5-9(6-8-10)15(19)12-4-2-1-3-11(12)13(17)14(15)18/h1-8,13-14,16-19H. The van der Waals surface area contributed by atoms with Crippen molar-refractivity contribution in [2.75, 3.05) is 0 Å². The van der Waals surface area contributed by atoms with Gasteiger partial charge in [0.2, 0.25) is 0 Å². The Morgan fingerprint density at radius 3 is 2.21 bits per heavy atom. The van der Waals surface area contributed by atoms with Crippen LogP contribution in [0, 0.1) is 0 Å². The minimum atomic E-state index is -1.66. The molecule has 3 rings (SSSR count). The van der Waals surface area contributed by atoms with E-state index in [2.05, 4.69) is 0 Å². The van der Waals surface area contributed by atoms with Crippen LogP contribution in [0.4, 0.5) is 0 Å². The molecule has 2 aromatic carbocycles. The van der Waals surface area contributed by atoms with Gasteiger partial charge in [-0.15, -0.1) is 0 Å². The minimum absolute atomic E-state index is 0.0775. The van der Waals surface area contributed by atoms with E-state index < -0.39 is 17.8 Å². The van der Waals surface area contributed by atoms with Crippen molar-refractivity contribution in [3.8, 4) is 5.75 Å². The number of phenols is 1. The van der Waals surface area contributed by atoms with Crippen LogP contribution in [0.3, 0.4) is 0 Å². The van der Waals surface area contributed by atoms with Gasteiger partial charge in [-0.3, -0.25) is 0 Å². The summed E-state index contributed by atoms with van der Waals surface area (Å²) in [6.07, 6.45) is -2.47. The predicted molar refractivity (Wildman–Crippen MR) is 68.5 cm³/mol. The van der Waals surface area contributed by atoms with Crippen molar-refractivity contribution >= 4 is 0 Å². The quantitative estimate of drug-likeness (QED) is 0.616. The van der Waals surface area contributed by atoms with Crippen LogP contribution in [0.1, 0.15) is 22.8 Å². The molecule has 4 nitrogen and oxygen atoms in total. The summed E-state index contributed by atoms with van der Waals surface area (Å²) in [6, 6.07) is 12.8. The zero-order valence-electron chi connectivity index (χ0n) is 10.1. The molecule has 0 aromatic heterocycles. The molecular weight excluding hydrogens is 244 g/mol. The SMILES string of the molecule is Oc1ccc(C2(O)c3ccccc3C(O)C2O)cc1. The van der Waals surface area contributed by atoms with Gasteiger partial charge in [0.05, 0.1) is 0 Å². The summed E-state index contributed by atoms with van der Waals surface area (Å²) in [5.41, 5.74) is -0.225. The van der Waals surface area contributed by atoms with Gasteiger partial charge in [0.25, 0.3) is 0 Å². The Kier molecular flexibility index (Phi) is 2.60. The lowest BCUT2D eigenvalue weighted by molar-refractivity contribution is -0.0899. The Balaban J connectivity index is 2.20. The molecule has 3 unspecified atom stereocenters. The first-order valence-electron chi connectivity index (χ1n) is 6.02. The first-order valence-corrected chi connectivity index (χ1v) is 6.02. The van der Waals surface area contributed by atoms with Gasteiger partial charge in [0, 0.05) is 0 Å². The monoisotopic (exact) mass is 258 g/mol. The van der Waals surface area contributed by atoms with E-state index >= 15 is 0 Å². The van der Waals surface area contributed by atoms with Crippen molar-refractivity contribution in [3.63, 3.8) is 0 Å². The molecular formula is C15H14O4. The second kappa shape index (κ2) is 4.06. The maximum atomic E-state index is 10.9. The maximum Gasteiger partial charge on any atom is 0.144 e. The number of aliphatic hydroxyl groups excluding tert-OH is 2. The fourth-order valence-corrected chi connectivity index (χ4v) is 2.70. The van der Waals surface area contributed by atoms with E-state index in [0.717, 1.165) is 0 Å². The molecule has 0 spiro atoms. The van der Waals surface area contributed by atoms with Gasteiger partial charge >= 0.3 is 0 Å². The summed E-state index contributed by atoms with van der Waals surface area (Å²) in [5, 5.41) is 40.4. The van der Waals surface area contributed by atoms with E-state index in [1.807, 2.05) is 0 Å². The van der Waals surface area contributed by atoms with Crippen LogP contribution in [0.25, 0.3) is 0 Å². The number of hydrogen-bond donors (Lipinski definition) is 4. The van der Waals surface area contributed by atoms with Gasteiger partial charge in [0.15, 0.2) is 0 Å². The molecule has 0 saturated heterocycles. The molecule has 0 amide bonds. The Morgan fingerprint density at radius 1 is 0.895 bits per heavy atom. The van der Waals surface area contributed by atoms with E-state index in [4.69, 9.17) is 0 Å². The average molecular weight is 258 g/mol. The lowest BCUT2D eigenvalue weighted by Gasteiger charge is -2.29. The lowest BCUT2D eigenvalue weighted by atomic mass is 9.86. The second-order valence-corrected chi connectivity index (χ2v) is 4.79. The highest BCUT2D eigenvalue weighted by atomic mass is 16.4. The molecule has 4 heteroatoms. The molecule has 0 saturated carbocycles. The topological polar surface area (TPSA) is 80.9 Å². The van der Waals surface area contributed by atoms with Crippen molar-refractivity contribution in [2.45, 2.75) is 17.8 Å². The first kappa shape index (κ1) is 12.2. The molecule has 0 aliphatic heterocycles. The summed E-state index contributed by atoms with van der Waals surface area (Å²) in [4.78, 5) is 0. The maximum absolute atomic E-state index is 10.9. The number of rotatable bonds is 1. The van der Waals surface area contributed by atoms with Crippen molar-refractivity contribution < 1.29 is 20.4 Å². The van der Waals surface area contributed by atoms with Gasteiger partial charge < -0.3 is 20.4 Å². The van der Waals surface area contributed by atoms with Crippen LogP contribution in [0.15, 0.2) is 48.5 Å². The Bertz CT molecular complexity index is 608. The van der Waals surface area contributed by atoms with Gasteiger partial charge in [-0.05, 0) is 28.8 Å². The fraction of sp³-hybridized carbons (Fsp3) is 0.200. The largest absolute Gasteiger partial charge is 0.508 e. The number of hydrogen-bond acceptors (Lipinski definition) is 4. The predicted octanol–water partition coefficient (Wildman–Crippen LogP) is 1.04. The molecule has 4 N–H and O–H groups in total. The highest BCUT2D eigenvalue weighted by Gasteiger charge is 2.51. The van der Waals surface area contributed by atoms with E-state index in [-0.39, 0.29) is 5.75 Å². The third-order valence-electron chi connectivity index (χ3n) is 3.72. The van der Waals surface area contributed by atoms with Gasteiger partial charge in [-0.25, -0.2) is 0 Å². The lowest BCUT2D eigenvalue weighted by Crippen LogP contribution is -2.38. The number of fused-ring (bicyclic) bond motifs is 1. The molecule has 2 aromatic rings. The van der Waals surface area contributed by atoms with Crippen LogP contribution in [0.5, 0.6) is 5.75 Å². The molecule has 0 bridgehead atoms. The van der Waals surface area contributed by atoms with Crippen LogP contribution in [-0.4, -0.2) is 26.5 Å². The molecule has 0 radical (unpaired) electrons. The average Bonchev–Trinajstić information content (AvgIpc) is 2.63. The van der Waals surface area contributed by atoms with Gasteiger partial charge in [-0.1, -0.05) is 36.4 Å².